The zero-order chi connectivity index (χ0) is 14.2. The van der Waals surface area contributed by atoms with Crippen molar-refractivity contribution in [1.82, 2.24) is 10.3 Å². The van der Waals surface area contributed by atoms with E-state index in [1.165, 1.54) is 41.5 Å². The third-order valence-corrected chi connectivity index (χ3v) is 4.65. The molecule has 21 heavy (non-hydrogen) atoms. The Hall–Kier alpha value is -1.61. The second kappa shape index (κ2) is 5.30. The molecule has 2 heterocycles. The van der Waals surface area contributed by atoms with Gasteiger partial charge in [-0.3, -0.25) is 0 Å². The fourth-order valence-corrected chi connectivity index (χ4v) is 3.23. The van der Waals surface area contributed by atoms with Gasteiger partial charge >= 0.3 is 0 Å². The van der Waals surface area contributed by atoms with Crippen LogP contribution >= 0.6 is 0 Å². The Morgan fingerprint density at radius 3 is 2.86 bits per heavy atom. The molecule has 0 bridgehead atoms. The van der Waals surface area contributed by atoms with Crippen LogP contribution in [-0.4, -0.2) is 24.1 Å². The van der Waals surface area contributed by atoms with Gasteiger partial charge in [-0.1, -0.05) is 31.2 Å². The molecule has 1 N–H and O–H groups in total. The van der Waals surface area contributed by atoms with Gasteiger partial charge in [0.25, 0.3) is 0 Å². The molecule has 3 nitrogen and oxygen atoms in total. The fraction of sp³-hybridized carbons (Fsp3) is 0.500. The molecule has 2 aromatic rings. The SMILES string of the molecule is CC1CCN(c2nc(CNC3CC3)cc3ccccc23)C1. The number of nitrogens with zero attached hydrogens (tertiary/aromatic N) is 2. The fourth-order valence-electron chi connectivity index (χ4n) is 3.23. The summed E-state index contributed by atoms with van der Waals surface area (Å²) < 4.78 is 0. The molecule has 1 aromatic carbocycles. The molecular formula is C18H23N3. The Morgan fingerprint density at radius 2 is 2.10 bits per heavy atom. The average molecular weight is 281 g/mol. The summed E-state index contributed by atoms with van der Waals surface area (Å²) in [6.45, 7) is 5.50. The summed E-state index contributed by atoms with van der Waals surface area (Å²) in [5.74, 6) is 1.96. The standard InChI is InChI=1S/C18H23N3/c1-13-8-9-21(12-13)18-17-5-3-2-4-14(17)10-16(20-18)11-19-15-6-7-15/h2-5,10,13,15,19H,6-9,11-12H2,1H3. The number of aromatic nitrogens is 1. The van der Waals surface area contributed by atoms with Crippen molar-refractivity contribution in [3.8, 4) is 0 Å². The largest absolute Gasteiger partial charge is 0.356 e. The number of rotatable bonds is 4. The lowest BCUT2D eigenvalue weighted by atomic mass is 10.1. The lowest BCUT2D eigenvalue weighted by Crippen LogP contribution is -2.22. The number of hydrogen-bond acceptors (Lipinski definition) is 3. The molecule has 1 aliphatic carbocycles. The number of nitrogens with one attached hydrogen (secondary N) is 1. The van der Waals surface area contributed by atoms with E-state index in [2.05, 4.69) is 47.5 Å². The zero-order valence-electron chi connectivity index (χ0n) is 12.7. The molecule has 0 spiro atoms. The van der Waals surface area contributed by atoms with E-state index < -0.39 is 0 Å². The van der Waals surface area contributed by atoms with Crippen LogP contribution in [0.5, 0.6) is 0 Å². The molecule has 1 unspecified atom stereocenters. The summed E-state index contributed by atoms with van der Waals surface area (Å²) in [7, 11) is 0. The van der Waals surface area contributed by atoms with Crippen LogP contribution in [0.1, 0.15) is 31.9 Å². The molecule has 1 atom stereocenters. The maximum Gasteiger partial charge on any atom is 0.136 e. The Bertz CT molecular complexity index is 648. The van der Waals surface area contributed by atoms with Gasteiger partial charge in [0.15, 0.2) is 0 Å². The van der Waals surface area contributed by atoms with Gasteiger partial charge in [0.05, 0.1) is 5.69 Å². The van der Waals surface area contributed by atoms with Crippen LogP contribution in [-0.2, 0) is 6.54 Å². The molecule has 1 aromatic heterocycles. The van der Waals surface area contributed by atoms with Gasteiger partial charge < -0.3 is 10.2 Å². The number of hydrogen-bond donors (Lipinski definition) is 1. The van der Waals surface area contributed by atoms with Crippen LogP contribution in [0.4, 0.5) is 5.82 Å². The highest BCUT2D eigenvalue weighted by atomic mass is 15.2. The van der Waals surface area contributed by atoms with Crippen LogP contribution in [0.2, 0.25) is 0 Å². The molecule has 1 saturated heterocycles. The van der Waals surface area contributed by atoms with Gasteiger partial charge in [0, 0.05) is 31.1 Å². The van der Waals surface area contributed by atoms with Gasteiger partial charge in [-0.25, -0.2) is 4.98 Å². The summed E-state index contributed by atoms with van der Waals surface area (Å²) in [6, 6.07) is 11.6. The third kappa shape index (κ3) is 2.75. The lowest BCUT2D eigenvalue weighted by molar-refractivity contribution is 0.657. The van der Waals surface area contributed by atoms with Crippen LogP contribution in [0, 0.1) is 5.92 Å². The van der Waals surface area contributed by atoms with Gasteiger partial charge in [0.1, 0.15) is 5.82 Å². The molecule has 2 aliphatic rings. The lowest BCUT2D eigenvalue weighted by Gasteiger charge is -2.20. The predicted molar refractivity (Wildman–Crippen MR) is 87.6 cm³/mol. The zero-order valence-corrected chi connectivity index (χ0v) is 12.7. The smallest absolute Gasteiger partial charge is 0.136 e. The quantitative estimate of drug-likeness (QED) is 0.931. The highest BCUT2D eigenvalue weighted by Gasteiger charge is 2.23. The Balaban J connectivity index is 1.70. The molecule has 2 fully saturated rings. The normalized spacial score (nSPS) is 22.1. The van der Waals surface area contributed by atoms with Crippen molar-refractivity contribution in [2.45, 2.75) is 38.8 Å². The summed E-state index contributed by atoms with van der Waals surface area (Å²) >= 11 is 0. The molecule has 1 saturated carbocycles. The third-order valence-electron chi connectivity index (χ3n) is 4.65. The summed E-state index contributed by atoms with van der Waals surface area (Å²) in [4.78, 5) is 7.45. The minimum Gasteiger partial charge on any atom is -0.356 e. The van der Waals surface area contributed by atoms with Crippen molar-refractivity contribution in [3.05, 3.63) is 36.0 Å². The van der Waals surface area contributed by atoms with Gasteiger partial charge in [0.2, 0.25) is 0 Å². The minimum atomic E-state index is 0.730. The molecule has 110 valence electrons. The van der Waals surface area contributed by atoms with Crippen molar-refractivity contribution >= 4 is 16.6 Å². The number of pyridine rings is 1. The van der Waals surface area contributed by atoms with Crippen molar-refractivity contribution in [1.29, 1.82) is 0 Å². The first-order valence-corrected chi connectivity index (χ1v) is 8.16. The van der Waals surface area contributed by atoms with E-state index in [4.69, 9.17) is 4.98 Å². The van der Waals surface area contributed by atoms with E-state index in [1.54, 1.807) is 0 Å². The van der Waals surface area contributed by atoms with E-state index in [0.717, 1.165) is 31.6 Å². The average Bonchev–Trinajstić information content (AvgIpc) is 3.24. The van der Waals surface area contributed by atoms with E-state index in [-0.39, 0.29) is 0 Å². The Kier molecular flexibility index (Phi) is 3.30. The monoisotopic (exact) mass is 281 g/mol. The first-order chi connectivity index (χ1) is 10.3. The van der Waals surface area contributed by atoms with Gasteiger partial charge in [-0.05, 0) is 36.6 Å². The number of benzene rings is 1. The highest BCUT2D eigenvalue weighted by Crippen LogP contribution is 2.30. The molecule has 0 radical (unpaired) electrons. The van der Waals surface area contributed by atoms with E-state index >= 15 is 0 Å². The molecule has 3 heteroatoms. The second-order valence-electron chi connectivity index (χ2n) is 6.65. The number of fused-ring (bicyclic) bond motifs is 1. The van der Waals surface area contributed by atoms with Crippen molar-refractivity contribution < 1.29 is 0 Å². The van der Waals surface area contributed by atoms with Crippen LogP contribution in [0.15, 0.2) is 30.3 Å². The maximum absolute atomic E-state index is 4.98. The maximum atomic E-state index is 4.98. The van der Waals surface area contributed by atoms with Crippen molar-refractivity contribution in [3.63, 3.8) is 0 Å². The first kappa shape index (κ1) is 13.1. The molecule has 0 amide bonds. The minimum absolute atomic E-state index is 0.730. The van der Waals surface area contributed by atoms with E-state index in [9.17, 15) is 0 Å². The Morgan fingerprint density at radius 1 is 1.24 bits per heavy atom. The highest BCUT2D eigenvalue weighted by molar-refractivity contribution is 5.92. The molecular weight excluding hydrogens is 258 g/mol. The summed E-state index contributed by atoms with van der Waals surface area (Å²) in [6.07, 6.45) is 3.93. The summed E-state index contributed by atoms with van der Waals surface area (Å²) in [5, 5.41) is 6.19. The Labute approximate surface area is 126 Å². The van der Waals surface area contributed by atoms with Crippen LogP contribution in [0.25, 0.3) is 10.8 Å². The topological polar surface area (TPSA) is 28.2 Å². The van der Waals surface area contributed by atoms with E-state index in [0.29, 0.717) is 0 Å². The molecule has 1 aliphatic heterocycles. The summed E-state index contributed by atoms with van der Waals surface area (Å²) in [5.41, 5.74) is 1.18. The van der Waals surface area contributed by atoms with Gasteiger partial charge in [-0.15, -0.1) is 0 Å². The van der Waals surface area contributed by atoms with Crippen molar-refractivity contribution in [2.24, 2.45) is 5.92 Å². The van der Waals surface area contributed by atoms with Crippen LogP contribution in [0.3, 0.4) is 0 Å². The van der Waals surface area contributed by atoms with Gasteiger partial charge in [-0.2, -0.15) is 0 Å². The predicted octanol–water partition coefficient (Wildman–Crippen LogP) is 3.33. The number of anilines is 1. The van der Waals surface area contributed by atoms with Crippen molar-refractivity contribution in [2.75, 3.05) is 18.0 Å². The van der Waals surface area contributed by atoms with E-state index in [1.807, 2.05) is 0 Å². The molecule has 4 rings (SSSR count). The first-order valence-electron chi connectivity index (χ1n) is 8.16. The second-order valence-corrected chi connectivity index (χ2v) is 6.65. The van der Waals surface area contributed by atoms with Crippen LogP contribution < -0.4 is 10.2 Å².